The maximum atomic E-state index is 11.8. The van der Waals surface area contributed by atoms with Crippen LogP contribution in [0.2, 0.25) is 0 Å². The summed E-state index contributed by atoms with van der Waals surface area (Å²) >= 11 is 1.48. The third-order valence-corrected chi connectivity index (χ3v) is 5.01. The average Bonchev–Trinajstić information content (AvgIpc) is 3.08. The van der Waals surface area contributed by atoms with Crippen LogP contribution in [0.25, 0.3) is 5.65 Å². The second kappa shape index (κ2) is 8.28. The zero-order chi connectivity index (χ0) is 21.2. The number of benzene rings is 1. The van der Waals surface area contributed by atoms with Crippen molar-refractivity contribution in [1.29, 1.82) is 0 Å². The van der Waals surface area contributed by atoms with E-state index in [1.165, 1.54) is 16.7 Å². The number of nitrogens with one attached hydrogen (secondary N) is 1. The first-order valence-electron chi connectivity index (χ1n) is 9.39. The molecule has 3 rings (SSSR count). The maximum absolute atomic E-state index is 11.8. The molecule has 2 heterocycles. The molecular weight excluding hydrogens is 388 g/mol. The minimum Gasteiger partial charge on any atom is -0.465 e. The first-order valence-corrected chi connectivity index (χ1v) is 10.6. The summed E-state index contributed by atoms with van der Waals surface area (Å²) in [5, 5.41) is 18.0. The zero-order valence-corrected chi connectivity index (χ0v) is 18.1. The van der Waals surface area contributed by atoms with Gasteiger partial charge >= 0.3 is 6.09 Å². The standard InChI is InChI=1S/C20H26N6O2S/c1-6-14-12-22-26-16(14)23-18(29-5)24-17(26)21-11-13-8-7-9-15(10-13)25(19(27)28)20(2,3)4/h7-10,12H,6,11H2,1-5H3,(H,27,28)(H,21,23,24). The molecule has 0 unspecified atom stereocenters. The van der Waals surface area contributed by atoms with E-state index in [0.29, 0.717) is 23.3 Å². The quantitative estimate of drug-likeness (QED) is 0.581. The number of carbonyl (C=O) groups is 1. The fourth-order valence-electron chi connectivity index (χ4n) is 3.13. The molecule has 0 saturated carbocycles. The fourth-order valence-corrected chi connectivity index (χ4v) is 3.49. The van der Waals surface area contributed by atoms with Crippen LogP contribution >= 0.6 is 11.8 Å². The van der Waals surface area contributed by atoms with Gasteiger partial charge in [-0.15, -0.1) is 0 Å². The Morgan fingerprint density at radius 3 is 2.69 bits per heavy atom. The van der Waals surface area contributed by atoms with E-state index in [1.54, 1.807) is 10.6 Å². The van der Waals surface area contributed by atoms with Gasteiger partial charge in [0.05, 0.1) is 6.20 Å². The molecule has 29 heavy (non-hydrogen) atoms. The highest BCUT2D eigenvalue weighted by Gasteiger charge is 2.27. The van der Waals surface area contributed by atoms with Gasteiger partial charge in [0.15, 0.2) is 10.8 Å². The van der Waals surface area contributed by atoms with Gasteiger partial charge in [0, 0.05) is 23.3 Å². The molecule has 2 N–H and O–H groups in total. The molecule has 154 valence electrons. The third kappa shape index (κ3) is 4.45. The number of amides is 1. The normalized spacial score (nSPS) is 11.6. The lowest BCUT2D eigenvalue weighted by atomic mass is 10.0. The van der Waals surface area contributed by atoms with Gasteiger partial charge in [-0.2, -0.15) is 14.6 Å². The number of hydrogen-bond donors (Lipinski definition) is 2. The number of hydrogen-bond acceptors (Lipinski definition) is 6. The number of aryl methyl sites for hydroxylation is 1. The van der Waals surface area contributed by atoms with Crippen LogP contribution in [-0.4, -0.2) is 42.6 Å². The lowest BCUT2D eigenvalue weighted by Crippen LogP contribution is -2.45. The van der Waals surface area contributed by atoms with E-state index in [4.69, 9.17) is 0 Å². The SMILES string of the molecule is CCc1cnn2c(NCc3cccc(N(C(=O)O)C(C)(C)C)c3)nc(SC)nc12. The van der Waals surface area contributed by atoms with Crippen LogP contribution in [-0.2, 0) is 13.0 Å². The topological polar surface area (TPSA) is 95.7 Å². The smallest absolute Gasteiger partial charge is 0.412 e. The highest BCUT2D eigenvalue weighted by atomic mass is 32.2. The van der Waals surface area contributed by atoms with Crippen LogP contribution in [0.3, 0.4) is 0 Å². The predicted molar refractivity (Wildman–Crippen MR) is 116 cm³/mol. The van der Waals surface area contributed by atoms with Gasteiger partial charge in [0.1, 0.15) is 0 Å². The molecule has 1 aromatic carbocycles. The molecule has 0 aliphatic heterocycles. The van der Waals surface area contributed by atoms with Gasteiger partial charge in [0.2, 0.25) is 5.95 Å². The van der Waals surface area contributed by atoms with Gasteiger partial charge in [0.25, 0.3) is 0 Å². The molecule has 0 spiro atoms. The van der Waals surface area contributed by atoms with Gasteiger partial charge in [-0.25, -0.2) is 9.78 Å². The summed E-state index contributed by atoms with van der Waals surface area (Å²) in [6.07, 6.45) is 3.61. The number of carboxylic acid groups (broad SMARTS) is 1. The second-order valence-electron chi connectivity index (χ2n) is 7.60. The minimum absolute atomic E-state index is 0.479. The van der Waals surface area contributed by atoms with Gasteiger partial charge in [-0.1, -0.05) is 30.8 Å². The number of anilines is 2. The average molecular weight is 415 g/mol. The summed E-state index contributed by atoms with van der Waals surface area (Å²) in [7, 11) is 0. The second-order valence-corrected chi connectivity index (χ2v) is 8.38. The molecule has 0 aliphatic rings. The van der Waals surface area contributed by atoms with Crippen molar-refractivity contribution in [2.45, 2.75) is 51.4 Å². The van der Waals surface area contributed by atoms with Crippen LogP contribution in [0.4, 0.5) is 16.4 Å². The number of rotatable bonds is 6. The Kier molecular flexibility index (Phi) is 5.97. The molecule has 0 aliphatic carbocycles. The summed E-state index contributed by atoms with van der Waals surface area (Å²) in [6.45, 7) is 8.16. The Morgan fingerprint density at radius 2 is 2.07 bits per heavy atom. The molecule has 2 aromatic heterocycles. The van der Waals surface area contributed by atoms with Crippen molar-refractivity contribution < 1.29 is 9.90 Å². The first kappa shape index (κ1) is 20.9. The van der Waals surface area contributed by atoms with E-state index in [0.717, 1.165) is 23.2 Å². The first-order chi connectivity index (χ1) is 13.7. The molecule has 0 bridgehead atoms. The van der Waals surface area contributed by atoms with E-state index in [1.807, 2.05) is 51.4 Å². The van der Waals surface area contributed by atoms with Crippen molar-refractivity contribution in [1.82, 2.24) is 19.6 Å². The monoisotopic (exact) mass is 414 g/mol. The number of fused-ring (bicyclic) bond motifs is 1. The number of nitrogens with zero attached hydrogens (tertiary/aromatic N) is 5. The molecule has 0 fully saturated rings. The van der Waals surface area contributed by atoms with Crippen LogP contribution in [0.5, 0.6) is 0 Å². The molecular formula is C20H26N6O2S. The van der Waals surface area contributed by atoms with E-state index in [9.17, 15) is 9.90 Å². The van der Waals surface area contributed by atoms with Crippen LogP contribution in [0.1, 0.15) is 38.8 Å². The summed E-state index contributed by atoms with van der Waals surface area (Å²) < 4.78 is 1.71. The van der Waals surface area contributed by atoms with Crippen molar-refractivity contribution in [2.75, 3.05) is 16.5 Å². The Bertz CT molecular complexity index is 1030. The highest BCUT2D eigenvalue weighted by Crippen LogP contribution is 2.25. The van der Waals surface area contributed by atoms with Crippen molar-refractivity contribution in [2.24, 2.45) is 0 Å². The zero-order valence-electron chi connectivity index (χ0n) is 17.3. The Hall–Kier alpha value is -2.81. The summed E-state index contributed by atoms with van der Waals surface area (Å²) in [4.78, 5) is 22.2. The van der Waals surface area contributed by atoms with Crippen molar-refractivity contribution in [3.05, 3.63) is 41.6 Å². The van der Waals surface area contributed by atoms with E-state index in [2.05, 4.69) is 27.3 Å². The summed E-state index contributed by atoms with van der Waals surface area (Å²) in [5.74, 6) is 0.607. The van der Waals surface area contributed by atoms with Gasteiger partial charge in [-0.3, -0.25) is 4.90 Å². The van der Waals surface area contributed by atoms with Crippen LogP contribution < -0.4 is 10.2 Å². The van der Waals surface area contributed by atoms with Crippen molar-refractivity contribution >= 4 is 35.1 Å². The largest absolute Gasteiger partial charge is 0.465 e. The Morgan fingerprint density at radius 1 is 1.31 bits per heavy atom. The van der Waals surface area contributed by atoms with Gasteiger partial charge in [-0.05, 0) is 51.1 Å². The molecule has 8 nitrogen and oxygen atoms in total. The Balaban J connectivity index is 1.89. The molecule has 3 aromatic rings. The molecule has 0 saturated heterocycles. The third-order valence-electron chi connectivity index (χ3n) is 4.47. The van der Waals surface area contributed by atoms with E-state index in [-0.39, 0.29) is 0 Å². The molecule has 0 atom stereocenters. The lowest BCUT2D eigenvalue weighted by Gasteiger charge is -2.33. The van der Waals surface area contributed by atoms with Crippen LogP contribution in [0, 0.1) is 0 Å². The van der Waals surface area contributed by atoms with E-state index >= 15 is 0 Å². The number of aromatic nitrogens is 4. The van der Waals surface area contributed by atoms with E-state index < -0.39 is 11.6 Å². The maximum Gasteiger partial charge on any atom is 0.412 e. The fraction of sp³-hybridized carbons (Fsp3) is 0.400. The summed E-state index contributed by atoms with van der Waals surface area (Å²) in [5.41, 5.74) is 2.89. The van der Waals surface area contributed by atoms with Gasteiger partial charge < -0.3 is 10.4 Å². The van der Waals surface area contributed by atoms with Crippen molar-refractivity contribution in [3.8, 4) is 0 Å². The number of thioether (sulfide) groups is 1. The molecule has 0 radical (unpaired) electrons. The Labute approximate surface area is 174 Å². The summed E-state index contributed by atoms with van der Waals surface area (Å²) in [6, 6.07) is 7.49. The molecule has 1 amide bonds. The minimum atomic E-state index is -0.978. The van der Waals surface area contributed by atoms with Crippen molar-refractivity contribution in [3.63, 3.8) is 0 Å². The van der Waals surface area contributed by atoms with Crippen LogP contribution in [0.15, 0.2) is 35.6 Å². The highest BCUT2D eigenvalue weighted by molar-refractivity contribution is 7.98. The predicted octanol–water partition coefficient (Wildman–Crippen LogP) is 4.30. The molecule has 9 heteroatoms. The lowest BCUT2D eigenvalue weighted by molar-refractivity contribution is 0.195.